The first-order valence-electron chi connectivity index (χ1n) is 15.7. The van der Waals surface area contributed by atoms with Crippen molar-refractivity contribution in [3.05, 3.63) is 88.4 Å². The minimum atomic E-state index is -0.430. The maximum atomic E-state index is 16.7. The van der Waals surface area contributed by atoms with Gasteiger partial charge in [-0.15, -0.1) is 12.4 Å². The normalized spacial score (nSPS) is 20.1. The number of nitrogens with zero attached hydrogens (tertiary/aromatic N) is 6. The predicted molar refractivity (Wildman–Crippen MR) is 176 cm³/mol. The van der Waals surface area contributed by atoms with E-state index in [-0.39, 0.29) is 48.1 Å². The van der Waals surface area contributed by atoms with Crippen LogP contribution >= 0.6 is 12.4 Å². The van der Waals surface area contributed by atoms with Crippen molar-refractivity contribution in [1.82, 2.24) is 19.4 Å². The number of rotatable bonds is 9. The summed E-state index contributed by atoms with van der Waals surface area (Å²) in [6, 6.07) is 13.7. The number of aliphatic hydroxyl groups excluding tert-OH is 1. The van der Waals surface area contributed by atoms with Gasteiger partial charge in [-0.1, -0.05) is 0 Å². The standard InChI is InChI=1S/C34H39FN6O3.ClH/c1-44-32-16-23(10-13-37-32)19-40(27-5-3-14-38(20-27)26-4-2-12-36-18-26)22-30-33(43)29-9-8-25(39-15-11-28(42)21-39)17-31(29)41(34(30)35)24-6-7-24;/h2,4,8-10,12-13,16-18,24,27-28,42H,3,5-7,11,14-15,19-22H2,1H3;1H/t27-,28+;/m0./s1. The van der Waals surface area contributed by atoms with Gasteiger partial charge in [-0.2, -0.15) is 4.39 Å². The molecule has 45 heavy (non-hydrogen) atoms. The highest BCUT2D eigenvalue weighted by atomic mass is 35.5. The van der Waals surface area contributed by atoms with Gasteiger partial charge < -0.3 is 24.2 Å². The second-order valence-corrected chi connectivity index (χ2v) is 12.4. The van der Waals surface area contributed by atoms with E-state index in [0.29, 0.717) is 36.3 Å². The Morgan fingerprint density at radius 3 is 2.58 bits per heavy atom. The molecule has 7 rings (SSSR count). The highest BCUT2D eigenvalue weighted by Gasteiger charge is 2.33. The van der Waals surface area contributed by atoms with Crippen LogP contribution in [0.3, 0.4) is 0 Å². The number of benzene rings is 1. The van der Waals surface area contributed by atoms with Crippen LogP contribution < -0.4 is 20.0 Å². The second kappa shape index (κ2) is 13.3. The number of aliphatic hydroxyl groups is 1. The summed E-state index contributed by atoms with van der Waals surface area (Å²) >= 11 is 0. The summed E-state index contributed by atoms with van der Waals surface area (Å²) < 4.78 is 23.8. The fourth-order valence-electron chi connectivity index (χ4n) is 6.86. The van der Waals surface area contributed by atoms with Gasteiger partial charge in [-0.3, -0.25) is 14.7 Å². The molecule has 3 aliphatic rings. The summed E-state index contributed by atoms with van der Waals surface area (Å²) in [4.78, 5) is 29.4. The van der Waals surface area contributed by atoms with E-state index >= 15 is 4.39 Å². The molecule has 5 heterocycles. The lowest BCUT2D eigenvalue weighted by Crippen LogP contribution is -2.48. The van der Waals surface area contributed by atoms with Crippen molar-refractivity contribution < 1.29 is 14.2 Å². The number of hydrogen-bond donors (Lipinski definition) is 1. The van der Waals surface area contributed by atoms with Gasteiger partial charge >= 0.3 is 0 Å². The average molecular weight is 635 g/mol. The molecule has 1 N–H and O–H groups in total. The Labute approximate surface area is 268 Å². The maximum absolute atomic E-state index is 16.7. The number of piperidine rings is 1. The molecule has 238 valence electrons. The van der Waals surface area contributed by atoms with Crippen molar-refractivity contribution in [2.45, 2.75) is 63.4 Å². The highest BCUT2D eigenvalue weighted by molar-refractivity contribution is 5.85. The molecule has 0 unspecified atom stereocenters. The molecular weight excluding hydrogens is 595 g/mol. The number of anilines is 2. The molecule has 0 amide bonds. The fourth-order valence-corrected chi connectivity index (χ4v) is 6.86. The summed E-state index contributed by atoms with van der Waals surface area (Å²) in [7, 11) is 1.60. The number of ether oxygens (including phenoxy) is 1. The number of aromatic nitrogens is 3. The molecule has 11 heteroatoms. The second-order valence-electron chi connectivity index (χ2n) is 12.4. The van der Waals surface area contributed by atoms with E-state index in [0.717, 1.165) is 62.3 Å². The maximum Gasteiger partial charge on any atom is 0.213 e. The summed E-state index contributed by atoms with van der Waals surface area (Å²) in [6.45, 7) is 3.70. The van der Waals surface area contributed by atoms with Gasteiger partial charge in [0.1, 0.15) is 0 Å². The van der Waals surface area contributed by atoms with E-state index in [9.17, 15) is 9.90 Å². The first-order valence-corrected chi connectivity index (χ1v) is 15.7. The largest absolute Gasteiger partial charge is 0.481 e. The van der Waals surface area contributed by atoms with Gasteiger partial charge in [0, 0.05) is 80.9 Å². The number of β-amino-alcohol motifs (C(OH)–C–C–N with tert-alkyl or cyclic N) is 1. The van der Waals surface area contributed by atoms with Crippen LogP contribution in [-0.4, -0.2) is 70.0 Å². The van der Waals surface area contributed by atoms with Gasteiger partial charge in [0.25, 0.3) is 0 Å². The third-order valence-electron chi connectivity index (χ3n) is 9.34. The summed E-state index contributed by atoms with van der Waals surface area (Å²) in [5, 5.41) is 10.6. The number of methoxy groups -OCH3 is 1. The van der Waals surface area contributed by atoms with Crippen molar-refractivity contribution in [3.8, 4) is 5.88 Å². The lowest BCUT2D eigenvalue weighted by molar-refractivity contribution is 0.155. The Morgan fingerprint density at radius 1 is 1.00 bits per heavy atom. The van der Waals surface area contributed by atoms with Crippen molar-refractivity contribution >= 4 is 34.7 Å². The first kappa shape index (κ1) is 31.3. The van der Waals surface area contributed by atoms with Crippen LogP contribution in [0, 0.1) is 5.95 Å². The zero-order valence-electron chi connectivity index (χ0n) is 25.5. The monoisotopic (exact) mass is 634 g/mol. The van der Waals surface area contributed by atoms with Crippen molar-refractivity contribution in [2.75, 3.05) is 43.1 Å². The molecule has 0 bridgehead atoms. The summed E-state index contributed by atoms with van der Waals surface area (Å²) in [6.07, 6.45) is 9.44. The van der Waals surface area contributed by atoms with Gasteiger partial charge in [0.2, 0.25) is 11.8 Å². The Balaban J connectivity index is 0.00000357. The Morgan fingerprint density at radius 2 is 1.84 bits per heavy atom. The highest BCUT2D eigenvalue weighted by Crippen LogP contribution is 2.39. The van der Waals surface area contributed by atoms with E-state index in [1.807, 2.05) is 42.6 Å². The molecule has 4 aromatic rings. The zero-order valence-corrected chi connectivity index (χ0v) is 26.3. The topological polar surface area (TPSA) is 87.0 Å². The van der Waals surface area contributed by atoms with Crippen molar-refractivity contribution in [1.29, 1.82) is 0 Å². The molecule has 2 atom stereocenters. The van der Waals surface area contributed by atoms with E-state index in [4.69, 9.17) is 4.74 Å². The number of hydrogen-bond acceptors (Lipinski definition) is 8. The van der Waals surface area contributed by atoms with Crippen LogP contribution in [-0.2, 0) is 13.1 Å². The number of fused-ring (bicyclic) bond motifs is 1. The van der Waals surface area contributed by atoms with E-state index in [2.05, 4.69) is 30.7 Å². The average Bonchev–Trinajstić information content (AvgIpc) is 3.80. The van der Waals surface area contributed by atoms with Crippen LogP contribution in [0.15, 0.2) is 65.8 Å². The molecule has 1 aliphatic carbocycles. The predicted octanol–water partition coefficient (Wildman–Crippen LogP) is 4.94. The number of halogens is 2. The molecule has 3 fully saturated rings. The first-order chi connectivity index (χ1) is 21.5. The smallest absolute Gasteiger partial charge is 0.213 e. The Bertz CT molecular complexity index is 1700. The Kier molecular flexibility index (Phi) is 9.26. The van der Waals surface area contributed by atoms with Crippen LogP contribution in [0.2, 0.25) is 0 Å². The van der Waals surface area contributed by atoms with Crippen molar-refractivity contribution in [3.63, 3.8) is 0 Å². The van der Waals surface area contributed by atoms with Crippen LogP contribution in [0.1, 0.15) is 49.3 Å². The third-order valence-corrected chi connectivity index (χ3v) is 9.34. The lowest BCUT2D eigenvalue weighted by atomic mass is 10.0. The number of pyridine rings is 3. The molecule has 2 aliphatic heterocycles. The minimum Gasteiger partial charge on any atom is -0.481 e. The van der Waals surface area contributed by atoms with E-state index < -0.39 is 5.95 Å². The molecule has 0 radical (unpaired) electrons. The third kappa shape index (κ3) is 6.50. The van der Waals surface area contributed by atoms with Gasteiger partial charge in [-0.05, 0) is 74.1 Å². The fraction of sp³-hybridized carbons (Fsp3) is 0.441. The molecule has 1 saturated carbocycles. The Hall–Kier alpha value is -3.73. The molecular formula is C34H40ClFN6O3. The van der Waals surface area contributed by atoms with Crippen LogP contribution in [0.4, 0.5) is 15.8 Å². The molecule has 1 aromatic carbocycles. The molecule has 0 spiro atoms. The zero-order chi connectivity index (χ0) is 30.2. The summed E-state index contributed by atoms with van der Waals surface area (Å²) in [5.74, 6) is 0.0956. The quantitative estimate of drug-likeness (QED) is 0.259. The summed E-state index contributed by atoms with van der Waals surface area (Å²) in [5.41, 5.74) is 3.59. The van der Waals surface area contributed by atoms with E-state index in [1.54, 1.807) is 24.1 Å². The SMILES string of the molecule is COc1cc(CN(Cc2c(F)n(C3CC3)c3cc(N4CC[C@@H](O)C4)ccc3c2=O)[C@H]2CCCN(c3cccnc3)C2)ccn1.Cl. The van der Waals surface area contributed by atoms with Crippen LogP contribution in [0.25, 0.3) is 10.9 Å². The van der Waals surface area contributed by atoms with Gasteiger partial charge in [-0.25, -0.2) is 4.98 Å². The van der Waals surface area contributed by atoms with Crippen molar-refractivity contribution in [2.24, 2.45) is 0 Å². The van der Waals surface area contributed by atoms with Gasteiger partial charge in [0.15, 0.2) is 5.43 Å². The molecule has 2 saturated heterocycles. The molecule has 9 nitrogen and oxygen atoms in total. The molecule has 3 aromatic heterocycles. The van der Waals surface area contributed by atoms with Crippen LogP contribution in [0.5, 0.6) is 5.88 Å². The van der Waals surface area contributed by atoms with E-state index in [1.165, 1.54) is 0 Å². The minimum absolute atomic E-state index is 0. The lowest BCUT2D eigenvalue weighted by Gasteiger charge is -2.40. The van der Waals surface area contributed by atoms with Gasteiger partial charge in [0.05, 0.1) is 36.2 Å².